The largest absolute Gasteiger partial charge is 0.462 e. The summed E-state index contributed by atoms with van der Waals surface area (Å²) in [7, 11) is 0. The molecular formula is C23H23Cl2N3O2S. The van der Waals surface area contributed by atoms with Crippen LogP contribution in [-0.2, 0) is 15.1 Å². The number of rotatable bonds is 5. The molecule has 8 heteroatoms. The van der Waals surface area contributed by atoms with Crippen LogP contribution in [-0.4, -0.2) is 27.6 Å². The maximum absolute atomic E-state index is 12.7. The number of nitrogens with zero attached hydrogens (tertiary/aromatic N) is 3. The van der Waals surface area contributed by atoms with Crippen LogP contribution in [0.5, 0.6) is 0 Å². The number of aromatic nitrogens is 1. The normalized spacial score (nSPS) is 22.7. The van der Waals surface area contributed by atoms with Crippen molar-refractivity contribution in [3.63, 3.8) is 0 Å². The molecular weight excluding hydrogens is 453 g/mol. The highest BCUT2D eigenvalue weighted by molar-refractivity contribution is 8.18. The molecule has 2 atom stereocenters. The van der Waals surface area contributed by atoms with Crippen molar-refractivity contribution in [3.05, 3.63) is 74.5 Å². The van der Waals surface area contributed by atoms with Crippen LogP contribution in [0.25, 0.3) is 0 Å². The minimum atomic E-state index is -0.631. The molecule has 1 aromatic heterocycles. The van der Waals surface area contributed by atoms with Crippen molar-refractivity contribution in [3.8, 4) is 0 Å². The maximum Gasteiger partial charge on any atom is 0.346 e. The number of carbonyl (C=O) groups excluding carboxylic acids is 1. The Kier molecular flexibility index (Phi) is 6.08. The second kappa shape index (κ2) is 8.49. The smallest absolute Gasteiger partial charge is 0.346 e. The number of esters is 1. The number of allylic oxidation sites excluding steroid dienone is 1. The van der Waals surface area contributed by atoms with Crippen molar-refractivity contribution in [1.82, 2.24) is 9.88 Å². The van der Waals surface area contributed by atoms with Crippen molar-refractivity contribution in [2.24, 2.45) is 10.9 Å². The first-order chi connectivity index (χ1) is 14.8. The first-order valence-corrected chi connectivity index (χ1v) is 11.7. The fraction of sp³-hybridized carbons (Fsp3) is 0.348. The molecule has 0 amide bonds. The quantitative estimate of drug-likeness (QED) is 0.380. The highest BCUT2D eigenvalue weighted by Crippen LogP contribution is 2.56. The highest BCUT2D eigenvalue weighted by atomic mass is 35.5. The molecule has 0 aliphatic carbocycles. The first-order valence-electron chi connectivity index (χ1n) is 10.1. The van der Waals surface area contributed by atoms with E-state index in [4.69, 9.17) is 32.9 Å². The fourth-order valence-corrected chi connectivity index (χ4v) is 5.68. The Labute approximate surface area is 196 Å². The van der Waals surface area contributed by atoms with Crippen LogP contribution < -0.4 is 0 Å². The van der Waals surface area contributed by atoms with Gasteiger partial charge in [0, 0.05) is 22.5 Å². The Morgan fingerprint density at radius 1 is 1.23 bits per heavy atom. The number of hydrogen-bond acceptors (Lipinski definition) is 6. The lowest BCUT2D eigenvalue weighted by Gasteiger charge is -2.36. The summed E-state index contributed by atoms with van der Waals surface area (Å²) in [5.41, 5.74) is 2.28. The van der Waals surface area contributed by atoms with Crippen molar-refractivity contribution < 1.29 is 9.53 Å². The minimum absolute atomic E-state index is 0.0973. The zero-order chi connectivity index (χ0) is 22.3. The summed E-state index contributed by atoms with van der Waals surface area (Å²) in [5.74, 6) is -0.210. The summed E-state index contributed by atoms with van der Waals surface area (Å²) in [4.78, 5) is 24.9. The zero-order valence-corrected chi connectivity index (χ0v) is 20.1. The summed E-state index contributed by atoms with van der Waals surface area (Å²) in [6.45, 7) is 8.39. The van der Waals surface area contributed by atoms with Gasteiger partial charge in [-0.3, -0.25) is 0 Å². The monoisotopic (exact) mass is 475 g/mol. The number of hydrogen-bond donors (Lipinski definition) is 0. The lowest BCUT2D eigenvalue weighted by atomic mass is 9.81. The van der Waals surface area contributed by atoms with Gasteiger partial charge in [0.2, 0.25) is 0 Å². The molecule has 31 heavy (non-hydrogen) atoms. The first kappa shape index (κ1) is 22.2. The molecule has 5 nitrogen and oxygen atoms in total. The molecule has 2 unspecified atom stereocenters. The molecule has 4 rings (SSSR count). The van der Waals surface area contributed by atoms with Crippen LogP contribution in [0.4, 0.5) is 0 Å². The predicted octanol–water partition coefficient (Wildman–Crippen LogP) is 6.19. The molecule has 2 aliphatic rings. The van der Waals surface area contributed by atoms with Crippen molar-refractivity contribution >= 4 is 46.1 Å². The van der Waals surface area contributed by atoms with E-state index < -0.39 is 5.54 Å². The average molecular weight is 476 g/mol. The standard InChI is InChI=1S/C23H23Cl2N3O2S/c1-5-30-21(29)19-18(13(2)3)28-20(14-6-9-16(24)10-7-14)23(4,27-22(28)31-19)15-8-11-17(25)26-12-15/h6-13,20H,5H2,1-4H3. The fourth-order valence-electron chi connectivity index (χ4n) is 4.14. The number of benzene rings is 1. The Morgan fingerprint density at radius 2 is 1.94 bits per heavy atom. The van der Waals surface area contributed by atoms with E-state index in [0.29, 0.717) is 21.7 Å². The van der Waals surface area contributed by atoms with Crippen LogP contribution >= 0.6 is 35.0 Å². The molecule has 0 N–H and O–H groups in total. The zero-order valence-electron chi connectivity index (χ0n) is 17.7. The third-order valence-electron chi connectivity index (χ3n) is 5.52. The van der Waals surface area contributed by atoms with Gasteiger partial charge in [0.25, 0.3) is 0 Å². The van der Waals surface area contributed by atoms with E-state index in [-0.39, 0.29) is 17.9 Å². The minimum Gasteiger partial charge on any atom is -0.462 e. The van der Waals surface area contributed by atoms with Gasteiger partial charge in [0.15, 0.2) is 5.17 Å². The van der Waals surface area contributed by atoms with Crippen LogP contribution in [0.15, 0.2) is 58.2 Å². The lowest BCUT2D eigenvalue weighted by Crippen LogP contribution is -2.36. The van der Waals surface area contributed by atoms with E-state index in [1.807, 2.05) is 37.3 Å². The van der Waals surface area contributed by atoms with Gasteiger partial charge in [-0.1, -0.05) is 55.2 Å². The second-order valence-corrected chi connectivity index (χ2v) is 9.73. The Balaban J connectivity index is 1.89. The number of pyridine rings is 1. The topological polar surface area (TPSA) is 54.8 Å². The SMILES string of the molecule is CCOC(=O)C1=C(C(C)C)N2C(=NC(C)(c3ccc(Cl)nc3)C2c2ccc(Cl)cc2)S1. The van der Waals surface area contributed by atoms with Gasteiger partial charge in [0.1, 0.15) is 15.6 Å². The van der Waals surface area contributed by atoms with Crippen LogP contribution in [0.1, 0.15) is 44.9 Å². The molecule has 0 radical (unpaired) electrons. The highest BCUT2D eigenvalue weighted by Gasteiger charge is 2.53. The second-order valence-electron chi connectivity index (χ2n) is 7.93. The van der Waals surface area contributed by atoms with E-state index in [1.165, 1.54) is 11.8 Å². The summed E-state index contributed by atoms with van der Waals surface area (Å²) in [6, 6.07) is 11.3. The number of ether oxygens (including phenoxy) is 1. The number of aliphatic imine (C=N–C) groups is 1. The van der Waals surface area contributed by atoms with Crippen molar-refractivity contribution in [2.75, 3.05) is 6.61 Å². The summed E-state index contributed by atoms with van der Waals surface area (Å²) in [6.07, 6.45) is 1.77. The van der Waals surface area contributed by atoms with Gasteiger partial charge >= 0.3 is 5.97 Å². The van der Waals surface area contributed by atoms with E-state index in [0.717, 1.165) is 22.0 Å². The number of halogens is 2. The number of amidine groups is 1. The summed E-state index contributed by atoms with van der Waals surface area (Å²) < 4.78 is 5.34. The molecule has 0 saturated heterocycles. The molecule has 0 saturated carbocycles. The Bertz CT molecular complexity index is 1070. The Morgan fingerprint density at radius 3 is 2.52 bits per heavy atom. The van der Waals surface area contributed by atoms with Crippen molar-refractivity contribution in [1.29, 1.82) is 0 Å². The van der Waals surface area contributed by atoms with E-state index in [2.05, 4.69) is 30.7 Å². The van der Waals surface area contributed by atoms with Crippen LogP contribution in [0.3, 0.4) is 0 Å². The van der Waals surface area contributed by atoms with Gasteiger partial charge in [-0.2, -0.15) is 0 Å². The molecule has 0 fully saturated rings. The summed E-state index contributed by atoms with van der Waals surface area (Å²) in [5, 5.41) is 1.88. The molecule has 2 aliphatic heterocycles. The third-order valence-corrected chi connectivity index (χ3v) is 7.04. The van der Waals surface area contributed by atoms with Gasteiger partial charge in [-0.15, -0.1) is 0 Å². The Hall–Kier alpha value is -2.02. The summed E-state index contributed by atoms with van der Waals surface area (Å²) >= 11 is 13.6. The number of carbonyl (C=O) groups is 1. The molecule has 0 bridgehead atoms. The van der Waals surface area contributed by atoms with E-state index in [9.17, 15) is 4.79 Å². The van der Waals surface area contributed by atoms with Gasteiger partial charge < -0.3 is 9.64 Å². The average Bonchev–Trinajstić information content (AvgIpc) is 3.22. The van der Waals surface area contributed by atoms with E-state index in [1.54, 1.807) is 12.3 Å². The maximum atomic E-state index is 12.7. The van der Waals surface area contributed by atoms with Gasteiger partial charge in [-0.05, 0) is 55.3 Å². The molecule has 3 heterocycles. The van der Waals surface area contributed by atoms with Crippen LogP contribution in [0.2, 0.25) is 10.2 Å². The molecule has 162 valence electrons. The number of thioether (sulfide) groups is 1. The number of fused-ring (bicyclic) bond motifs is 1. The predicted molar refractivity (Wildman–Crippen MR) is 126 cm³/mol. The lowest BCUT2D eigenvalue weighted by molar-refractivity contribution is -0.137. The van der Waals surface area contributed by atoms with Gasteiger partial charge in [-0.25, -0.2) is 14.8 Å². The van der Waals surface area contributed by atoms with Crippen molar-refractivity contribution in [2.45, 2.75) is 39.3 Å². The molecule has 2 aromatic rings. The molecule has 0 spiro atoms. The van der Waals surface area contributed by atoms with E-state index >= 15 is 0 Å². The third kappa shape index (κ3) is 3.86. The van der Waals surface area contributed by atoms with Crippen LogP contribution in [0, 0.1) is 5.92 Å². The molecule has 1 aromatic carbocycles. The van der Waals surface area contributed by atoms with Gasteiger partial charge in [0.05, 0.1) is 12.6 Å².